The zero-order chi connectivity index (χ0) is 29.1. The highest BCUT2D eigenvalue weighted by Crippen LogP contribution is 2.45. The molecule has 2 aromatic rings. The van der Waals surface area contributed by atoms with Gasteiger partial charge in [-0.2, -0.15) is 10.6 Å². The molecular formula is C33H42ClN2O4S-. The Morgan fingerprint density at radius 1 is 1.22 bits per heavy atom. The fraction of sp³-hybridized carbons (Fsp3) is 0.545. The van der Waals surface area contributed by atoms with Crippen LogP contribution in [0.2, 0.25) is 5.02 Å². The molecule has 0 fully saturated rings. The molecule has 0 radical (unpaired) electrons. The number of methoxy groups -OCH3 is 1. The van der Waals surface area contributed by atoms with Crippen LogP contribution in [0.25, 0.3) is 0 Å². The van der Waals surface area contributed by atoms with E-state index in [1.165, 1.54) is 11.1 Å². The van der Waals surface area contributed by atoms with Crippen molar-refractivity contribution >= 4 is 33.8 Å². The van der Waals surface area contributed by atoms with Crippen LogP contribution < -0.4 is 9.64 Å². The molecule has 0 unspecified atom stereocenters. The van der Waals surface area contributed by atoms with Gasteiger partial charge in [-0.15, -0.1) is 0 Å². The molecular weight excluding hydrogens is 556 g/mol. The molecule has 2 bridgehead atoms. The Balaban J connectivity index is 1.61. The first-order valence-corrected chi connectivity index (χ1v) is 16.5. The summed E-state index contributed by atoms with van der Waals surface area (Å²) in [5.41, 5.74) is 3.73. The van der Waals surface area contributed by atoms with Crippen LogP contribution in [0.1, 0.15) is 67.9 Å². The molecule has 1 amide bonds. The summed E-state index contributed by atoms with van der Waals surface area (Å²) in [6, 6.07) is 11.8. The minimum absolute atomic E-state index is 0.0209. The van der Waals surface area contributed by atoms with Gasteiger partial charge in [0.1, 0.15) is 5.75 Å². The van der Waals surface area contributed by atoms with Gasteiger partial charge in [0.05, 0.1) is 18.4 Å². The smallest absolute Gasteiger partial charge is 0.254 e. The lowest BCUT2D eigenvalue weighted by Gasteiger charge is -2.42. The van der Waals surface area contributed by atoms with Gasteiger partial charge in [0, 0.05) is 36.2 Å². The van der Waals surface area contributed by atoms with Crippen LogP contribution in [0.5, 0.6) is 5.75 Å². The molecule has 1 aliphatic carbocycles. The summed E-state index contributed by atoms with van der Waals surface area (Å²) in [5.74, 6) is 1.39. The molecule has 41 heavy (non-hydrogen) atoms. The molecule has 222 valence electrons. The van der Waals surface area contributed by atoms with Gasteiger partial charge in [0.25, 0.3) is 5.91 Å². The van der Waals surface area contributed by atoms with Gasteiger partial charge in [-0.1, -0.05) is 68.7 Å². The van der Waals surface area contributed by atoms with Gasteiger partial charge in [-0.3, -0.25) is 4.79 Å². The number of carbonyl (C=O) groups is 1. The molecule has 2 aromatic carbocycles. The van der Waals surface area contributed by atoms with Crippen molar-refractivity contribution in [1.29, 1.82) is 0 Å². The summed E-state index contributed by atoms with van der Waals surface area (Å²) in [4.78, 5) is 15.6. The van der Waals surface area contributed by atoms with E-state index in [1.807, 2.05) is 25.1 Å². The van der Waals surface area contributed by atoms with Gasteiger partial charge in [0.15, 0.2) is 0 Å². The third kappa shape index (κ3) is 6.52. The fourth-order valence-electron chi connectivity index (χ4n) is 7.02. The minimum atomic E-state index is -1.59. The van der Waals surface area contributed by atoms with E-state index in [2.05, 4.69) is 47.4 Å². The summed E-state index contributed by atoms with van der Waals surface area (Å²) in [7, 11) is 0.190. The third-order valence-corrected chi connectivity index (χ3v) is 10.6. The number of aryl methyl sites for hydroxylation is 1. The zero-order valence-electron chi connectivity index (χ0n) is 24.6. The summed E-state index contributed by atoms with van der Waals surface area (Å²) >= 11 is 6.41. The van der Waals surface area contributed by atoms with Crippen molar-refractivity contribution in [2.75, 3.05) is 37.5 Å². The van der Waals surface area contributed by atoms with Crippen molar-refractivity contribution in [3.63, 3.8) is 0 Å². The van der Waals surface area contributed by atoms with Crippen molar-refractivity contribution in [2.24, 2.45) is 22.1 Å². The van der Waals surface area contributed by atoms with E-state index in [4.69, 9.17) is 21.1 Å². The second kappa shape index (κ2) is 12.9. The molecule has 1 spiro atoms. The maximum Gasteiger partial charge on any atom is 0.254 e. The molecule has 3 aliphatic rings. The maximum absolute atomic E-state index is 13.2. The topological polar surface area (TPSA) is 68.2 Å². The van der Waals surface area contributed by atoms with Crippen LogP contribution in [0.4, 0.5) is 5.69 Å². The predicted octanol–water partition coefficient (Wildman–Crippen LogP) is 7.37. The Hall–Kier alpha value is -2.35. The Labute approximate surface area is 251 Å². The van der Waals surface area contributed by atoms with E-state index in [9.17, 15) is 9.00 Å². The van der Waals surface area contributed by atoms with E-state index in [1.54, 1.807) is 13.2 Å². The standard InChI is InChI=1S/C33H42ClN2O4S/c1-5-27-23(3)18-36-20-33(15-7-9-24-16-26(34)12-13-28(24)33)21-40-31-14-11-25(17-29(31)36)32(37)35-41(38)19-22(2)8-6-10-30(27)39-4/h6,10-14,16-17,22-23,27,30H,5,7-9,15,18-21H2,1-4H3/q-1/b10-6+/t22-,23-,27+,30-,33-/m0/s1. The van der Waals surface area contributed by atoms with E-state index in [0.717, 1.165) is 61.7 Å². The number of ether oxygens (including phenoxy) is 2. The lowest BCUT2D eigenvalue weighted by molar-refractivity contribution is 0.0637. The number of hydrogen-bond donors (Lipinski definition) is 0. The van der Waals surface area contributed by atoms with Crippen LogP contribution >= 0.6 is 11.6 Å². The summed E-state index contributed by atoms with van der Waals surface area (Å²) < 4.78 is 29.4. The highest BCUT2D eigenvalue weighted by atomic mass is 35.5. The van der Waals surface area contributed by atoms with Gasteiger partial charge < -0.3 is 22.9 Å². The van der Waals surface area contributed by atoms with Crippen molar-refractivity contribution in [1.82, 2.24) is 0 Å². The number of rotatable bonds is 2. The van der Waals surface area contributed by atoms with Gasteiger partial charge >= 0.3 is 0 Å². The highest BCUT2D eigenvalue weighted by molar-refractivity contribution is 7.75. The van der Waals surface area contributed by atoms with E-state index in [-0.39, 0.29) is 17.4 Å². The van der Waals surface area contributed by atoms with Crippen molar-refractivity contribution < 1.29 is 18.5 Å². The number of hydrogen-bond acceptors (Lipinski definition) is 6. The second-order valence-electron chi connectivity index (χ2n) is 12.2. The number of carbonyl (C=O) groups excluding carboxylic acids is 1. The maximum atomic E-state index is 13.2. The Kier molecular flexibility index (Phi) is 9.47. The summed E-state index contributed by atoms with van der Waals surface area (Å²) in [6.45, 7) is 8.68. The fourth-order valence-corrected chi connectivity index (χ4v) is 8.21. The molecule has 0 N–H and O–H groups in total. The predicted molar refractivity (Wildman–Crippen MR) is 167 cm³/mol. The van der Waals surface area contributed by atoms with Crippen LogP contribution in [0, 0.1) is 17.8 Å². The van der Waals surface area contributed by atoms with Crippen molar-refractivity contribution in [2.45, 2.75) is 64.4 Å². The number of fused-ring (bicyclic) bond motifs is 3. The van der Waals surface area contributed by atoms with Crippen LogP contribution in [0.3, 0.4) is 0 Å². The van der Waals surface area contributed by atoms with Crippen molar-refractivity contribution in [3.8, 4) is 5.75 Å². The second-order valence-corrected chi connectivity index (χ2v) is 13.8. The first kappa shape index (κ1) is 30.1. The van der Waals surface area contributed by atoms with E-state index in [0.29, 0.717) is 29.8 Å². The number of halogens is 1. The number of benzene rings is 2. The quantitative estimate of drug-likeness (QED) is 0.267. The van der Waals surface area contributed by atoms with Crippen LogP contribution in [-0.4, -0.2) is 44.6 Å². The molecule has 0 saturated carbocycles. The molecule has 6 nitrogen and oxygen atoms in total. The zero-order valence-corrected chi connectivity index (χ0v) is 26.2. The molecule has 5 rings (SSSR count). The van der Waals surface area contributed by atoms with E-state index < -0.39 is 16.5 Å². The number of allylic oxidation sites excluding steroid dienone is 1. The number of anilines is 1. The number of amides is 1. The molecule has 0 aromatic heterocycles. The molecule has 2 heterocycles. The average Bonchev–Trinajstić information content (AvgIpc) is 3.08. The average molecular weight is 598 g/mol. The molecule has 0 saturated heterocycles. The van der Waals surface area contributed by atoms with Crippen LogP contribution in [-0.2, 0) is 31.4 Å². The monoisotopic (exact) mass is 597 g/mol. The molecule has 8 heteroatoms. The minimum Gasteiger partial charge on any atom is -0.490 e. The highest BCUT2D eigenvalue weighted by Gasteiger charge is 2.42. The lowest BCUT2D eigenvalue weighted by Crippen LogP contribution is -2.47. The third-order valence-electron chi connectivity index (χ3n) is 9.17. The van der Waals surface area contributed by atoms with Gasteiger partial charge in [-0.25, -0.2) is 0 Å². The largest absolute Gasteiger partial charge is 0.490 e. The number of nitrogens with zero attached hydrogens (tertiary/aromatic N) is 2. The molecule has 5 atom stereocenters. The first-order valence-electron chi connectivity index (χ1n) is 14.9. The van der Waals surface area contributed by atoms with Gasteiger partial charge in [-0.05, 0) is 79.0 Å². The normalized spacial score (nSPS) is 30.2. The van der Waals surface area contributed by atoms with Crippen LogP contribution in [0.15, 0.2) is 52.9 Å². The molecule has 2 aliphatic heterocycles. The summed E-state index contributed by atoms with van der Waals surface area (Å²) in [5, 5.41) is 0.764. The Bertz CT molecular complexity index is 1390. The van der Waals surface area contributed by atoms with E-state index >= 15 is 0 Å². The lowest BCUT2D eigenvalue weighted by atomic mass is 9.70. The SMILES string of the molecule is CC[C@H]1[C@@H](OC)/C=C/C[C@H](C)C[S-](=O)=NC(=O)c2ccc3c(c2)N(C[C@@H]1C)C[C@@]1(CCCc2cc(Cl)ccc21)CO3. The Morgan fingerprint density at radius 2 is 2.05 bits per heavy atom. The summed E-state index contributed by atoms with van der Waals surface area (Å²) in [6.07, 6.45) is 9.11. The van der Waals surface area contributed by atoms with Gasteiger partial charge in [0.2, 0.25) is 0 Å². The Morgan fingerprint density at radius 3 is 2.83 bits per heavy atom. The first-order chi connectivity index (χ1) is 19.7. The van der Waals surface area contributed by atoms with Crippen molar-refractivity contribution in [3.05, 3.63) is 70.3 Å².